The average Bonchev–Trinajstić information content (AvgIpc) is 2.69. The molecule has 28 heavy (non-hydrogen) atoms. The van der Waals surface area contributed by atoms with Crippen molar-refractivity contribution in [2.24, 2.45) is 0 Å². The number of nitrogens with one attached hydrogen (secondary N) is 2. The van der Waals surface area contributed by atoms with Crippen molar-refractivity contribution in [2.75, 3.05) is 24.9 Å². The minimum absolute atomic E-state index is 0.0555. The number of nitrogens with zero attached hydrogens (tertiary/aromatic N) is 3. The Morgan fingerprint density at radius 2 is 1.64 bits per heavy atom. The lowest BCUT2D eigenvalue weighted by Gasteiger charge is -2.13. The van der Waals surface area contributed by atoms with Crippen LogP contribution < -0.4 is 20.1 Å². The van der Waals surface area contributed by atoms with Crippen LogP contribution in [0, 0.1) is 17.0 Å². The largest absolute Gasteiger partial charge is 0.497 e. The van der Waals surface area contributed by atoms with Crippen LogP contribution in [0.25, 0.3) is 0 Å². The lowest BCUT2D eigenvalue weighted by molar-refractivity contribution is -0.383. The first kappa shape index (κ1) is 18.9. The van der Waals surface area contributed by atoms with E-state index in [9.17, 15) is 10.1 Å². The van der Waals surface area contributed by atoms with Crippen LogP contribution in [0.5, 0.6) is 11.5 Å². The van der Waals surface area contributed by atoms with Crippen molar-refractivity contribution in [2.45, 2.75) is 6.92 Å². The van der Waals surface area contributed by atoms with E-state index >= 15 is 0 Å². The van der Waals surface area contributed by atoms with Gasteiger partial charge in [-0.05, 0) is 48.9 Å². The number of rotatable bonds is 7. The maximum atomic E-state index is 11.7. The molecule has 0 unspecified atom stereocenters. The molecular weight excluding hydrogens is 362 g/mol. The first-order chi connectivity index (χ1) is 13.5. The Bertz CT molecular complexity index is 992. The second-order valence-corrected chi connectivity index (χ2v) is 5.86. The molecular formula is C19H19N5O4. The predicted molar refractivity (Wildman–Crippen MR) is 106 cm³/mol. The molecule has 1 aromatic heterocycles. The van der Waals surface area contributed by atoms with Crippen LogP contribution in [0.4, 0.5) is 28.7 Å². The number of methoxy groups -OCH3 is 2. The standard InChI is InChI=1S/C19H19N5O4/c1-12-4-9-16(28-3)15(10-12)23-19-17(24(25)26)18(20-11-21-19)22-13-5-7-14(27-2)8-6-13/h4-11H,1-3H3,(H2,20,21,22,23). The number of anilines is 4. The molecule has 1 heterocycles. The number of hydrogen-bond donors (Lipinski definition) is 2. The van der Waals surface area contributed by atoms with Crippen molar-refractivity contribution in [1.82, 2.24) is 9.97 Å². The van der Waals surface area contributed by atoms with E-state index in [0.717, 1.165) is 5.56 Å². The monoisotopic (exact) mass is 381 g/mol. The van der Waals surface area contributed by atoms with E-state index in [2.05, 4.69) is 20.6 Å². The molecule has 3 rings (SSSR count). The summed E-state index contributed by atoms with van der Waals surface area (Å²) in [6.45, 7) is 1.91. The van der Waals surface area contributed by atoms with Crippen molar-refractivity contribution in [1.29, 1.82) is 0 Å². The van der Waals surface area contributed by atoms with Gasteiger partial charge in [0, 0.05) is 5.69 Å². The van der Waals surface area contributed by atoms with Crippen LogP contribution in [0.3, 0.4) is 0 Å². The van der Waals surface area contributed by atoms with Gasteiger partial charge in [-0.2, -0.15) is 0 Å². The summed E-state index contributed by atoms with van der Waals surface area (Å²) >= 11 is 0. The van der Waals surface area contributed by atoms with Crippen molar-refractivity contribution >= 4 is 28.7 Å². The summed E-state index contributed by atoms with van der Waals surface area (Å²) in [5.41, 5.74) is 1.89. The van der Waals surface area contributed by atoms with Crippen LogP contribution in [0.2, 0.25) is 0 Å². The van der Waals surface area contributed by atoms with Gasteiger partial charge in [-0.3, -0.25) is 10.1 Å². The van der Waals surface area contributed by atoms with E-state index in [4.69, 9.17) is 9.47 Å². The van der Waals surface area contributed by atoms with Crippen molar-refractivity contribution < 1.29 is 14.4 Å². The number of hydrogen-bond acceptors (Lipinski definition) is 8. The number of benzene rings is 2. The Morgan fingerprint density at radius 1 is 0.964 bits per heavy atom. The lowest BCUT2D eigenvalue weighted by Crippen LogP contribution is -2.06. The predicted octanol–water partition coefficient (Wildman–Crippen LogP) is 4.20. The fourth-order valence-corrected chi connectivity index (χ4v) is 2.59. The summed E-state index contributed by atoms with van der Waals surface area (Å²) in [4.78, 5) is 19.3. The summed E-state index contributed by atoms with van der Waals surface area (Å²) in [5, 5.41) is 17.7. The van der Waals surface area contributed by atoms with Crippen molar-refractivity contribution in [3.63, 3.8) is 0 Å². The molecule has 0 spiro atoms. The third-order valence-corrected chi connectivity index (χ3v) is 3.97. The molecule has 0 bridgehead atoms. The Morgan fingerprint density at radius 3 is 2.25 bits per heavy atom. The molecule has 9 heteroatoms. The normalized spacial score (nSPS) is 10.2. The van der Waals surface area contributed by atoms with Gasteiger partial charge in [-0.1, -0.05) is 6.07 Å². The molecule has 0 aliphatic carbocycles. The van der Waals surface area contributed by atoms with E-state index in [1.807, 2.05) is 19.1 Å². The molecule has 0 saturated heterocycles. The average molecular weight is 381 g/mol. The molecule has 0 amide bonds. The van der Waals surface area contributed by atoms with Gasteiger partial charge in [0.1, 0.15) is 17.8 Å². The van der Waals surface area contributed by atoms with Gasteiger partial charge in [0.15, 0.2) is 0 Å². The van der Waals surface area contributed by atoms with Gasteiger partial charge >= 0.3 is 5.69 Å². The van der Waals surface area contributed by atoms with Crippen molar-refractivity contribution in [3.05, 3.63) is 64.5 Å². The number of nitro groups is 1. The maximum absolute atomic E-state index is 11.7. The Balaban J connectivity index is 1.97. The van der Waals surface area contributed by atoms with E-state index in [1.54, 1.807) is 37.4 Å². The Hall–Kier alpha value is -3.88. The molecule has 144 valence electrons. The Kier molecular flexibility index (Phi) is 5.54. The highest BCUT2D eigenvalue weighted by Crippen LogP contribution is 2.35. The van der Waals surface area contributed by atoms with E-state index in [-0.39, 0.29) is 17.3 Å². The zero-order valence-electron chi connectivity index (χ0n) is 15.6. The number of aryl methyl sites for hydroxylation is 1. The van der Waals surface area contributed by atoms with Gasteiger partial charge in [-0.25, -0.2) is 9.97 Å². The molecule has 0 aliphatic rings. The zero-order chi connectivity index (χ0) is 20.1. The highest BCUT2D eigenvalue weighted by molar-refractivity contribution is 5.78. The van der Waals surface area contributed by atoms with Crippen LogP contribution in [-0.2, 0) is 0 Å². The van der Waals surface area contributed by atoms with Crippen LogP contribution in [0.15, 0.2) is 48.8 Å². The molecule has 2 N–H and O–H groups in total. The Labute approximate surface area is 161 Å². The summed E-state index contributed by atoms with van der Waals surface area (Å²) in [7, 11) is 3.09. The van der Waals surface area contributed by atoms with E-state index < -0.39 is 4.92 Å². The maximum Gasteiger partial charge on any atom is 0.353 e. The third kappa shape index (κ3) is 4.09. The highest BCUT2D eigenvalue weighted by Gasteiger charge is 2.24. The molecule has 2 aromatic carbocycles. The van der Waals surface area contributed by atoms with Crippen LogP contribution in [-0.4, -0.2) is 29.1 Å². The minimum Gasteiger partial charge on any atom is -0.497 e. The van der Waals surface area contributed by atoms with Crippen LogP contribution in [0.1, 0.15) is 5.56 Å². The second kappa shape index (κ2) is 8.21. The van der Waals surface area contributed by atoms with Crippen molar-refractivity contribution in [3.8, 4) is 11.5 Å². The molecule has 3 aromatic rings. The summed E-state index contributed by atoms with van der Waals surface area (Å²) in [6, 6.07) is 12.4. The topological polar surface area (TPSA) is 111 Å². The fraction of sp³-hybridized carbons (Fsp3) is 0.158. The second-order valence-electron chi connectivity index (χ2n) is 5.86. The smallest absolute Gasteiger partial charge is 0.353 e. The SMILES string of the molecule is COc1ccc(Nc2ncnc(Nc3cc(C)ccc3OC)c2[N+](=O)[O-])cc1. The van der Waals surface area contributed by atoms with E-state index in [1.165, 1.54) is 13.4 Å². The summed E-state index contributed by atoms with van der Waals surface area (Å²) in [5.74, 6) is 1.35. The molecule has 9 nitrogen and oxygen atoms in total. The zero-order valence-corrected chi connectivity index (χ0v) is 15.6. The number of aromatic nitrogens is 2. The van der Waals surface area contributed by atoms with Gasteiger partial charge in [0.2, 0.25) is 11.6 Å². The summed E-state index contributed by atoms with van der Waals surface area (Å²) < 4.78 is 10.4. The molecule has 0 fully saturated rings. The third-order valence-electron chi connectivity index (χ3n) is 3.97. The number of ether oxygens (including phenoxy) is 2. The van der Waals surface area contributed by atoms with Gasteiger partial charge < -0.3 is 20.1 Å². The van der Waals surface area contributed by atoms with E-state index in [0.29, 0.717) is 22.9 Å². The molecule has 0 radical (unpaired) electrons. The van der Waals surface area contributed by atoms with Gasteiger partial charge in [-0.15, -0.1) is 0 Å². The fourth-order valence-electron chi connectivity index (χ4n) is 2.59. The first-order valence-corrected chi connectivity index (χ1v) is 8.34. The quantitative estimate of drug-likeness (QED) is 0.463. The lowest BCUT2D eigenvalue weighted by atomic mass is 10.2. The molecule has 0 atom stereocenters. The van der Waals surface area contributed by atoms with Gasteiger partial charge in [0.05, 0.1) is 24.8 Å². The first-order valence-electron chi connectivity index (χ1n) is 8.34. The molecule has 0 saturated carbocycles. The van der Waals surface area contributed by atoms with Gasteiger partial charge in [0.25, 0.3) is 0 Å². The summed E-state index contributed by atoms with van der Waals surface area (Å²) in [6.07, 6.45) is 1.25. The highest BCUT2D eigenvalue weighted by atomic mass is 16.6. The van der Waals surface area contributed by atoms with Crippen LogP contribution >= 0.6 is 0 Å². The minimum atomic E-state index is -0.531. The molecule has 0 aliphatic heterocycles.